The molecule has 2 nitrogen and oxygen atoms in total. The van der Waals surface area contributed by atoms with Gasteiger partial charge in [-0.2, -0.15) is 0 Å². The van der Waals surface area contributed by atoms with E-state index in [0.29, 0.717) is 0 Å². The fourth-order valence-electron chi connectivity index (χ4n) is 1.41. The summed E-state index contributed by atoms with van der Waals surface area (Å²) in [6.45, 7) is 10.1. The van der Waals surface area contributed by atoms with Gasteiger partial charge in [-0.05, 0) is 36.8 Å². The zero-order valence-electron chi connectivity index (χ0n) is 11.9. The maximum absolute atomic E-state index is 5.47. The van der Waals surface area contributed by atoms with Crippen molar-refractivity contribution in [3.63, 3.8) is 0 Å². The van der Waals surface area contributed by atoms with Gasteiger partial charge in [-0.3, -0.25) is 0 Å². The van der Waals surface area contributed by atoms with Gasteiger partial charge in [-0.25, -0.2) is 0 Å². The van der Waals surface area contributed by atoms with Gasteiger partial charge in [-0.1, -0.05) is 27.7 Å². The first kappa shape index (κ1) is 16.1. The molecule has 0 saturated carbocycles. The second-order valence-corrected chi connectivity index (χ2v) is 4.06. The summed E-state index contributed by atoms with van der Waals surface area (Å²) in [5.41, 5.74) is 2.73. The molecule has 2 heteroatoms. The van der Waals surface area contributed by atoms with Crippen LogP contribution in [0.25, 0.3) is 0 Å². The standard InChI is InChI=1S/C15H28O2/c1-5-14(6-2)12-16-10-9-11-17-13-15(7-3)8-4/h12-13H,5-11H2,1-4H3. The predicted molar refractivity (Wildman–Crippen MR) is 73.9 cm³/mol. The van der Waals surface area contributed by atoms with E-state index in [0.717, 1.165) is 45.3 Å². The third-order valence-corrected chi connectivity index (χ3v) is 2.84. The molecule has 0 rings (SSSR count). The van der Waals surface area contributed by atoms with Crippen molar-refractivity contribution in [3.8, 4) is 0 Å². The van der Waals surface area contributed by atoms with Crippen LogP contribution in [0.2, 0.25) is 0 Å². The molecule has 0 amide bonds. The van der Waals surface area contributed by atoms with Crippen molar-refractivity contribution in [1.82, 2.24) is 0 Å². The fourth-order valence-corrected chi connectivity index (χ4v) is 1.41. The van der Waals surface area contributed by atoms with E-state index < -0.39 is 0 Å². The molecule has 0 fully saturated rings. The average Bonchev–Trinajstić information content (AvgIpc) is 2.37. The first-order chi connectivity index (χ1) is 8.28. The summed E-state index contributed by atoms with van der Waals surface area (Å²) in [6.07, 6.45) is 9.05. The summed E-state index contributed by atoms with van der Waals surface area (Å²) in [6, 6.07) is 0. The number of allylic oxidation sites excluding steroid dienone is 2. The van der Waals surface area contributed by atoms with E-state index in [1.54, 1.807) is 0 Å². The largest absolute Gasteiger partial charge is 0.501 e. The Hall–Kier alpha value is -0.920. The highest BCUT2D eigenvalue weighted by molar-refractivity contribution is 4.95. The average molecular weight is 240 g/mol. The van der Waals surface area contributed by atoms with Gasteiger partial charge in [0.1, 0.15) is 0 Å². The molecule has 100 valence electrons. The summed E-state index contributed by atoms with van der Waals surface area (Å²) < 4.78 is 10.9. The molecule has 0 aromatic heterocycles. The van der Waals surface area contributed by atoms with Crippen LogP contribution < -0.4 is 0 Å². The Morgan fingerprint density at radius 3 is 1.35 bits per heavy atom. The maximum atomic E-state index is 5.47. The highest BCUT2D eigenvalue weighted by Gasteiger charge is 1.92. The Balaban J connectivity index is 3.53. The molecule has 0 aliphatic heterocycles. The van der Waals surface area contributed by atoms with Crippen molar-refractivity contribution in [2.75, 3.05) is 13.2 Å². The van der Waals surface area contributed by atoms with E-state index in [4.69, 9.17) is 9.47 Å². The van der Waals surface area contributed by atoms with Crippen molar-refractivity contribution in [2.45, 2.75) is 59.8 Å². The molecule has 0 aromatic carbocycles. The SMILES string of the molecule is CCC(=COCCCOC=C(CC)CC)CC. The zero-order valence-corrected chi connectivity index (χ0v) is 11.9. The normalized spacial score (nSPS) is 9.65. The minimum absolute atomic E-state index is 0.741. The van der Waals surface area contributed by atoms with Crippen LogP contribution in [0.1, 0.15) is 59.8 Å². The van der Waals surface area contributed by atoms with Gasteiger partial charge in [-0.15, -0.1) is 0 Å². The van der Waals surface area contributed by atoms with Gasteiger partial charge >= 0.3 is 0 Å². The van der Waals surface area contributed by atoms with E-state index in [-0.39, 0.29) is 0 Å². The summed E-state index contributed by atoms with van der Waals surface area (Å²) in [7, 11) is 0. The summed E-state index contributed by atoms with van der Waals surface area (Å²) >= 11 is 0. The van der Waals surface area contributed by atoms with Crippen LogP contribution in [0, 0.1) is 0 Å². The molecular formula is C15H28O2. The third kappa shape index (κ3) is 8.84. The van der Waals surface area contributed by atoms with Gasteiger partial charge in [0, 0.05) is 6.42 Å². The monoisotopic (exact) mass is 240 g/mol. The van der Waals surface area contributed by atoms with Gasteiger partial charge < -0.3 is 9.47 Å². The highest BCUT2D eigenvalue weighted by Crippen LogP contribution is 2.06. The van der Waals surface area contributed by atoms with E-state index >= 15 is 0 Å². The lowest BCUT2D eigenvalue weighted by atomic mass is 10.2. The van der Waals surface area contributed by atoms with E-state index in [1.807, 2.05) is 12.5 Å². The molecule has 0 N–H and O–H groups in total. The van der Waals surface area contributed by atoms with Gasteiger partial charge in [0.15, 0.2) is 0 Å². The lowest BCUT2D eigenvalue weighted by Gasteiger charge is -2.05. The molecule has 0 unspecified atom stereocenters. The minimum atomic E-state index is 0.741. The van der Waals surface area contributed by atoms with Crippen LogP contribution in [0.15, 0.2) is 23.7 Å². The summed E-state index contributed by atoms with van der Waals surface area (Å²) in [5.74, 6) is 0. The first-order valence-electron chi connectivity index (χ1n) is 6.87. The second kappa shape index (κ2) is 11.6. The molecule has 0 spiro atoms. The maximum Gasteiger partial charge on any atom is 0.0905 e. The lowest BCUT2D eigenvalue weighted by Crippen LogP contribution is -1.96. The Kier molecular flexibility index (Phi) is 10.9. The lowest BCUT2D eigenvalue weighted by molar-refractivity contribution is 0.181. The Labute approximate surface area is 107 Å². The highest BCUT2D eigenvalue weighted by atomic mass is 16.5. The predicted octanol–water partition coefficient (Wildman–Crippen LogP) is 4.82. The molecule has 0 saturated heterocycles. The van der Waals surface area contributed by atoms with Crippen molar-refractivity contribution >= 4 is 0 Å². The zero-order chi connectivity index (χ0) is 12.9. The third-order valence-electron chi connectivity index (χ3n) is 2.84. The molecule has 0 aliphatic rings. The van der Waals surface area contributed by atoms with Crippen LogP contribution in [-0.2, 0) is 9.47 Å². The van der Waals surface area contributed by atoms with Crippen LogP contribution in [0.4, 0.5) is 0 Å². The van der Waals surface area contributed by atoms with Gasteiger partial charge in [0.2, 0.25) is 0 Å². The van der Waals surface area contributed by atoms with E-state index in [9.17, 15) is 0 Å². The van der Waals surface area contributed by atoms with E-state index in [2.05, 4.69) is 27.7 Å². The minimum Gasteiger partial charge on any atom is -0.501 e. The van der Waals surface area contributed by atoms with Crippen LogP contribution in [0.5, 0.6) is 0 Å². The van der Waals surface area contributed by atoms with Crippen molar-refractivity contribution in [1.29, 1.82) is 0 Å². The van der Waals surface area contributed by atoms with Crippen LogP contribution in [-0.4, -0.2) is 13.2 Å². The first-order valence-corrected chi connectivity index (χ1v) is 6.87. The molecule has 0 aliphatic carbocycles. The summed E-state index contributed by atoms with van der Waals surface area (Å²) in [4.78, 5) is 0. The number of ether oxygens (including phenoxy) is 2. The molecule has 0 bridgehead atoms. The molecule has 17 heavy (non-hydrogen) atoms. The number of hydrogen-bond acceptors (Lipinski definition) is 2. The molecule has 0 aromatic rings. The van der Waals surface area contributed by atoms with Crippen molar-refractivity contribution < 1.29 is 9.47 Å². The Morgan fingerprint density at radius 2 is 1.06 bits per heavy atom. The molecule has 0 radical (unpaired) electrons. The smallest absolute Gasteiger partial charge is 0.0905 e. The van der Waals surface area contributed by atoms with Gasteiger partial charge in [0.25, 0.3) is 0 Å². The topological polar surface area (TPSA) is 18.5 Å². The number of hydrogen-bond donors (Lipinski definition) is 0. The van der Waals surface area contributed by atoms with Crippen LogP contribution >= 0.6 is 0 Å². The Bertz CT molecular complexity index is 193. The fraction of sp³-hybridized carbons (Fsp3) is 0.733. The van der Waals surface area contributed by atoms with Crippen molar-refractivity contribution in [2.24, 2.45) is 0 Å². The molecule has 0 heterocycles. The van der Waals surface area contributed by atoms with Gasteiger partial charge in [0.05, 0.1) is 25.7 Å². The molecule has 0 atom stereocenters. The molecular weight excluding hydrogens is 212 g/mol. The van der Waals surface area contributed by atoms with E-state index in [1.165, 1.54) is 11.1 Å². The van der Waals surface area contributed by atoms with Crippen molar-refractivity contribution in [3.05, 3.63) is 23.7 Å². The summed E-state index contributed by atoms with van der Waals surface area (Å²) in [5, 5.41) is 0. The second-order valence-electron chi connectivity index (χ2n) is 4.06. The van der Waals surface area contributed by atoms with Crippen LogP contribution in [0.3, 0.4) is 0 Å². The Morgan fingerprint density at radius 1 is 0.706 bits per heavy atom. The quantitative estimate of drug-likeness (QED) is 0.403. The number of rotatable bonds is 10.